The lowest BCUT2D eigenvalue weighted by atomic mass is 10.1. The first-order valence-corrected chi connectivity index (χ1v) is 8.50. The number of rotatable bonds is 4. The van der Waals surface area contributed by atoms with E-state index in [9.17, 15) is 0 Å². The third kappa shape index (κ3) is 3.93. The highest BCUT2D eigenvalue weighted by Crippen LogP contribution is 2.23. The molecule has 0 spiro atoms. The number of nitrogens with zero attached hydrogens (tertiary/aromatic N) is 2. The van der Waals surface area contributed by atoms with Crippen molar-refractivity contribution in [2.24, 2.45) is 0 Å². The van der Waals surface area contributed by atoms with Crippen molar-refractivity contribution in [3.05, 3.63) is 0 Å². The number of likely N-dealkylation sites (tertiary alicyclic amines) is 2. The molecule has 3 fully saturated rings. The second-order valence-corrected chi connectivity index (χ2v) is 6.64. The van der Waals surface area contributed by atoms with Crippen LogP contribution < -0.4 is 0 Å². The van der Waals surface area contributed by atoms with Crippen molar-refractivity contribution in [3.8, 4) is 0 Å². The molecule has 3 aliphatic rings. The summed E-state index contributed by atoms with van der Waals surface area (Å²) >= 11 is 0. The molecule has 3 heterocycles. The smallest absolute Gasteiger partial charge is 0.0702 e. The fourth-order valence-electron chi connectivity index (χ4n) is 4.00. The first-order chi connectivity index (χ1) is 9.42. The van der Waals surface area contributed by atoms with Gasteiger partial charge in [-0.25, -0.2) is 0 Å². The highest BCUT2D eigenvalue weighted by Gasteiger charge is 2.29. The number of ether oxygens (including phenoxy) is 1. The molecule has 0 aliphatic carbocycles. The van der Waals surface area contributed by atoms with E-state index in [2.05, 4.69) is 9.80 Å². The molecule has 3 rings (SSSR count). The van der Waals surface area contributed by atoms with Crippen LogP contribution in [0.5, 0.6) is 0 Å². The van der Waals surface area contributed by atoms with Crippen LogP contribution in [0, 0.1) is 0 Å². The molecule has 3 saturated heterocycles. The molecule has 2 atom stereocenters. The molecular formula is C16H30N2O. The third-order valence-corrected chi connectivity index (χ3v) is 5.13. The maximum atomic E-state index is 5.92. The standard InChI is InChI=1S/C16H30N2O/c1-3-9-17(10-4-1)13-15-7-6-11-18(15)14-16-8-2-5-12-19-16/h15-16H,1-14H2. The molecule has 0 aromatic rings. The zero-order valence-corrected chi connectivity index (χ0v) is 12.4. The van der Waals surface area contributed by atoms with Gasteiger partial charge in [-0.05, 0) is 64.6 Å². The first-order valence-electron chi connectivity index (χ1n) is 8.50. The van der Waals surface area contributed by atoms with Gasteiger partial charge in [0.2, 0.25) is 0 Å². The van der Waals surface area contributed by atoms with Crippen molar-refractivity contribution >= 4 is 0 Å². The van der Waals surface area contributed by atoms with Gasteiger partial charge in [0.1, 0.15) is 0 Å². The summed E-state index contributed by atoms with van der Waals surface area (Å²) in [6, 6.07) is 0.809. The summed E-state index contributed by atoms with van der Waals surface area (Å²) in [4.78, 5) is 5.43. The van der Waals surface area contributed by atoms with Gasteiger partial charge in [-0.1, -0.05) is 6.42 Å². The molecule has 3 nitrogen and oxygen atoms in total. The zero-order chi connectivity index (χ0) is 12.9. The number of piperidine rings is 1. The molecule has 0 N–H and O–H groups in total. The van der Waals surface area contributed by atoms with Crippen LogP contribution in [0.2, 0.25) is 0 Å². The summed E-state index contributed by atoms with van der Waals surface area (Å²) in [7, 11) is 0. The SMILES string of the molecule is C1CCN(CC2CCCN2CC2CCCCO2)CC1. The minimum absolute atomic E-state index is 0.524. The van der Waals surface area contributed by atoms with Crippen LogP contribution in [-0.4, -0.2) is 61.3 Å². The van der Waals surface area contributed by atoms with E-state index in [1.165, 1.54) is 84.1 Å². The lowest BCUT2D eigenvalue weighted by Crippen LogP contribution is -2.45. The van der Waals surface area contributed by atoms with Gasteiger partial charge in [-0.15, -0.1) is 0 Å². The zero-order valence-electron chi connectivity index (χ0n) is 12.4. The number of hydrogen-bond acceptors (Lipinski definition) is 3. The Morgan fingerprint density at radius 2 is 1.68 bits per heavy atom. The Hall–Kier alpha value is -0.120. The summed E-state index contributed by atoms with van der Waals surface area (Å²) in [5.41, 5.74) is 0. The van der Waals surface area contributed by atoms with E-state index in [-0.39, 0.29) is 0 Å². The van der Waals surface area contributed by atoms with Crippen molar-refractivity contribution < 1.29 is 4.74 Å². The quantitative estimate of drug-likeness (QED) is 0.777. The maximum Gasteiger partial charge on any atom is 0.0702 e. The van der Waals surface area contributed by atoms with Crippen LogP contribution in [0.4, 0.5) is 0 Å². The summed E-state index contributed by atoms with van der Waals surface area (Å²) < 4.78 is 5.92. The highest BCUT2D eigenvalue weighted by molar-refractivity contribution is 4.85. The molecule has 0 saturated carbocycles. The molecule has 110 valence electrons. The van der Waals surface area contributed by atoms with Gasteiger partial charge in [0.25, 0.3) is 0 Å². The van der Waals surface area contributed by atoms with Gasteiger partial charge >= 0.3 is 0 Å². The minimum atomic E-state index is 0.524. The second kappa shape index (κ2) is 7.05. The number of hydrogen-bond donors (Lipinski definition) is 0. The normalized spacial score (nSPS) is 34.7. The Bertz CT molecular complexity index is 233. The van der Waals surface area contributed by atoms with Crippen LogP contribution in [0.1, 0.15) is 51.4 Å². The van der Waals surface area contributed by atoms with E-state index in [0.717, 1.165) is 12.6 Å². The molecule has 0 aromatic carbocycles. The Balaban J connectivity index is 1.46. The molecule has 3 heteroatoms. The summed E-state index contributed by atoms with van der Waals surface area (Å²) in [6.45, 7) is 7.48. The van der Waals surface area contributed by atoms with Crippen molar-refractivity contribution in [1.82, 2.24) is 9.80 Å². The molecule has 0 bridgehead atoms. The van der Waals surface area contributed by atoms with Crippen molar-refractivity contribution in [2.75, 3.05) is 39.3 Å². The lowest BCUT2D eigenvalue weighted by molar-refractivity contribution is -0.0105. The third-order valence-electron chi connectivity index (χ3n) is 5.13. The van der Waals surface area contributed by atoms with Crippen molar-refractivity contribution in [3.63, 3.8) is 0 Å². The topological polar surface area (TPSA) is 15.7 Å². The van der Waals surface area contributed by atoms with Crippen LogP contribution in [0.15, 0.2) is 0 Å². The molecule has 2 unspecified atom stereocenters. The van der Waals surface area contributed by atoms with Gasteiger partial charge in [0.05, 0.1) is 6.10 Å². The van der Waals surface area contributed by atoms with Crippen LogP contribution >= 0.6 is 0 Å². The fourth-order valence-corrected chi connectivity index (χ4v) is 4.00. The van der Waals surface area contributed by atoms with Gasteiger partial charge in [0.15, 0.2) is 0 Å². The van der Waals surface area contributed by atoms with E-state index in [4.69, 9.17) is 4.74 Å². The summed E-state index contributed by atoms with van der Waals surface area (Å²) in [6.07, 6.45) is 11.5. The highest BCUT2D eigenvalue weighted by atomic mass is 16.5. The van der Waals surface area contributed by atoms with E-state index < -0.39 is 0 Å². The lowest BCUT2D eigenvalue weighted by Gasteiger charge is -2.35. The summed E-state index contributed by atoms with van der Waals surface area (Å²) in [5, 5.41) is 0. The summed E-state index contributed by atoms with van der Waals surface area (Å²) in [5.74, 6) is 0. The fraction of sp³-hybridized carbons (Fsp3) is 1.00. The van der Waals surface area contributed by atoms with Crippen molar-refractivity contribution in [2.45, 2.75) is 63.5 Å². The minimum Gasteiger partial charge on any atom is -0.377 e. The van der Waals surface area contributed by atoms with E-state index in [1.807, 2.05) is 0 Å². The molecule has 0 radical (unpaired) electrons. The first kappa shape index (κ1) is 13.8. The molecule has 3 aliphatic heterocycles. The Labute approximate surface area is 118 Å². The monoisotopic (exact) mass is 266 g/mol. The van der Waals surface area contributed by atoms with Crippen LogP contribution in [0.3, 0.4) is 0 Å². The largest absolute Gasteiger partial charge is 0.377 e. The molecule has 19 heavy (non-hydrogen) atoms. The maximum absolute atomic E-state index is 5.92. The van der Waals surface area contributed by atoms with E-state index >= 15 is 0 Å². The predicted molar refractivity (Wildman–Crippen MR) is 78.5 cm³/mol. The Morgan fingerprint density at radius 1 is 0.789 bits per heavy atom. The van der Waals surface area contributed by atoms with Gasteiger partial charge in [0, 0.05) is 25.7 Å². The van der Waals surface area contributed by atoms with Gasteiger partial charge in [-0.2, -0.15) is 0 Å². The second-order valence-electron chi connectivity index (χ2n) is 6.64. The average molecular weight is 266 g/mol. The Kier molecular flexibility index (Phi) is 5.14. The van der Waals surface area contributed by atoms with Crippen LogP contribution in [-0.2, 0) is 4.74 Å². The van der Waals surface area contributed by atoms with Gasteiger partial charge in [-0.3, -0.25) is 4.90 Å². The predicted octanol–water partition coefficient (Wildman–Crippen LogP) is 2.51. The van der Waals surface area contributed by atoms with Gasteiger partial charge < -0.3 is 9.64 Å². The molecule has 0 amide bonds. The average Bonchev–Trinajstić information content (AvgIpc) is 2.88. The van der Waals surface area contributed by atoms with E-state index in [0.29, 0.717) is 6.10 Å². The van der Waals surface area contributed by atoms with Crippen molar-refractivity contribution in [1.29, 1.82) is 0 Å². The van der Waals surface area contributed by atoms with E-state index in [1.54, 1.807) is 0 Å². The van der Waals surface area contributed by atoms with Crippen LogP contribution in [0.25, 0.3) is 0 Å². The Morgan fingerprint density at radius 3 is 2.47 bits per heavy atom. The molecule has 0 aromatic heterocycles. The molecular weight excluding hydrogens is 236 g/mol.